The van der Waals surface area contributed by atoms with Gasteiger partial charge in [0.2, 0.25) is 0 Å². The zero-order valence-electron chi connectivity index (χ0n) is 16.4. The van der Waals surface area contributed by atoms with Crippen molar-refractivity contribution in [2.24, 2.45) is 10.9 Å². The van der Waals surface area contributed by atoms with E-state index in [4.69, 9.17) is 9.47 Å². The molecular weight excluding hydrogens is 483 g/mol. The summed E-state index contributed by atoms with van der Waals surface area (Å²) in [7, 11) is 3.66. The molecule has 1 aromatic rings. The Hall–Kier alpha value is -1.20. The van der Waals surface area contributed by atoms with Gasteiger partial charge < -0.3 is 24.4 Å². The third kappa shape index (κ3) is 9.33. The van der Waals surface area contributed by atoms with E-state index in [0.717, 1.165) is 50.7 Å². The van der Waals surface area contributed by atoms with Crippen molar-refractivity contribution in [3.8, 4) is 5.75 Å². The van der Waals surface area contributed by atoms with Crippen molar-refractivity contribution >= 4 is 29.9 Å². The molecular formula is C19H30F2IN3O3. The summed E-state index contributed by atoms with van der Waals surface area (Å²) in [6.45, 7) is 1.68. The fourth-order valence-corrected chi connectivity index (χ4v) is 2.85. The maximum Gasteiger partial charge on any atom is 0.387 e. The number of guanidine groups is 1. The standard InChI is InChI=1S/C19H29F2N3O3.HI/c1-22-19(23-9-3-10-25-13-16-8-11-26-14-16)24(2)12-15-4-6-17(7-5-15)27-18(20)21;/h4-7,16,18H,3,8-14H2,1-2H3,(H,22,23);1H. The van der Waals surface area contributed by atoms with Gasteiger partial charge in [-0.2, -0.15) is 8.78 Å². The average molecular weight is 513 g/mol. The molecule has 1 aliphatic heterocycles. The lowest BCUT2D eigenvalue weighted by Crippen LogP contribution is -2.39. The molecule has 1 N–H and O–H groups in total. The molecule has 1 saturated heterocycles. The Labute approximate surface area is 182 Å². The van der Waals surface area contributed by atoms with Crippen molar-refractivity contribution < 1.29 is 23.0 Å². The smallest absolute Gasteiger partial charge is 0.387 e. The van der Waals surface area contributed by atoms with E-state index in [1.54, 1.807) is 19.2 Å². The van der Waals surface area contributed by atoms with Crippen LogP contribution in [0.25, 0.3) is 0 Å². The first-order valence-electron chi connectivity index (χ1n) is 9.19. The van der Waals surface area contributed by atoms with E-state index in [9.17, 15) is 8.78 Å². The Morgan fingerprint density at radius 1 is 1.36 bits per heavy atom. The van der Waals surface area contributed by atoms with Crippen molar-refractivity contribution in [1.82, 2.24) is 10.2 Å². The fraction of sp³-hybridized carbons (Fsp3) is 0.632. The molecule has 0 spiro atoms. The molecule has 1 heterocycles. The molecule has 0 amide bonds. The number of benzene rings is 1. The van der Waals surface area contributed by atoms with Crippen LogP contribution >= 0.6 is 24.0 Å². The van der Waals surface area contributed by atoms with Crippen molar-refractivity contribution in [1.29, 1.82) is 0 Å². The van der Waals surface area contributed by atoms with E-state index in [2.05, 4.69) is 15.0 Å². The van der Waals surface area contributed by atoms with Crippen LogP contribution in [0, 0.1) is 5.92 Å². The first-order chi connectivity index (χ1) is 13.1. The predicted molar refractivity (Wildman–Crippen MR) is 116 cm³/mol. The summed E-state index contributed by atoms with van der Waals surface area (Å²) in [4.78, 5) is 6.24. The minimum absolute atomic E-state index is 0. The van der Waals surface area contributed by atoms with Crippen LogP contribution in [0.4, 0.5) is 8.78 Å². The van der Waals surface area contributed by atoms with Gasteiger partial charge in [-0.05, 0) is 30.5 Å². The van der Waals surface area contributed by atoms with Gasteiger partial charge in [0, 0.05) is 46.3 Å². The van der Waals surface area contributed by atoms with Crippen LogP contribution in [-0.4, -0.2) is 64.5 Å². The highest BCUT2D eigenvalue weighted by Crippen LogP contribution is 2.16. The van der Waals surface area contributed by atoms with Gasteiger partial charge in [0.25, 0.3) is 0 Å². The lowest BCUT2D eigenvalue weighted by molar-refractivity contribution is -0.0498. The molecule has 2 rings (SSSR count). The largest absolute Gasteiger partial charge is 0.435 e. The third-order valence-electron chi connectivity index (χ3n) is 4.27. The number of halogens is 3. The minimum atomic E-state index is -2.81. The zero-order valence-corrected chi connectivity index (χ0v) is 18.7. The second-order valence-corrected chi connectivity index (χ2v) is 6.51. The lowest BCUT2D eigenvalue weighted by Gasteiger charge is -2.22. The molecule has 28 heavy (non-hydrogen) atoms. The maximum atomic E-state index is 12.2. The molecule has 0 saturated carbocycles. The second-order valence-electron chi connectivity index (χ2n) is 6.51. The van der Waals surface area contributed by atoms with E-state index in [-0.39, 0.29) is 29.7 Å². The normalized spacial score (nSPS) is 16.8. The molecule has 0 radical (unpaired) electrons. The number of hydrogen-bond donors (Lipinski definition) is 1. The fourth-order valence-electron chi connectivity index (χ4n) is 2.85. The molecule has 9 heteroatoms. The van der Waals surface area contributed by atoms with E-state index < -0.39 is 6.61 Å². The van der Waals surface area contributed by atoms with E-state index >= 15 is 0 Å². The number of nitrogens with one attached hydrogen (secondary N) is 1. The van der Waals surface area contributed by atoms with Crippen molar-refractivity contribution in [2.45, 2.75) is 26.0 Å². The topological polar surface area (TPSA) is 55.3 Å². The van der Waals surface area contributed by atoms with E-state index in [1.165, 1.54) is 12.1 Å². The van der Waals surface area contributed by atoms with Gasteiger partial charge in [-0.25, -0.2) is 0 Å². The number of alkyl halides is 2. The summed E-state index contributed by atoms with van der Waals surface area (Å²) in [5.74, 6) is 1.46. The first-order valence-corrected chi connectivity index (χ1v) is 9.19. The predicted octanol–water partition coefficient (Wildman–Crippen LogP) is 3.36. The Balaban J connectivity index is 0.00000392. The van der Waals surface area contributed by atoms with E-state index in [1.807, 2.05) is 11.9 Å². The summed E-state index contributed by atoms with van der Waals surface area (Å²) >= 11 is 0. The molecule has 1 aliphatic rings. The van der Waals surface area contributed by atoms with Crippen LogP contribution < -0.4 is 10.1 Å². The van der Waals surface area contributed by atoms with Gasteiger partial charge in [-0.3, -0.25) is 4.99 Å². The van der Waals surface area contributed by atoms with Gasteiger partial charge >= 0.3 is 6.61 Å². The van der Waals surface area contributed by atoms with Crippen molar-refractivity contribution in [3.63, 3.8) is 0 Å². The second kappa shape index (κ2) is 13.9. The number of hydrogen-bond acceptors (Lipinski definition) is 4. The molecule has 0 bridgehead atoms. The molecule has 1 unspecified atom stereocenters. The monoisotopic (exact) mass is 513 g/mol. The summed E-state index contributed by atoms with van der Waals surface area (Å²) in [5, 5.41) is 3.30. The van der Waals surface area contributed by atoms with Crippen LogP contribution in [0.1, 0.15) is 18.4 Å². The lowest BCUT2D eigenvalue weighted by atomic mass is 10.1. The van der Waals surface area contributed by atoms with Crippen LogP contribution in [0.3, 0.4) is 0 Å². The molecule has 1 atom stereocenters. The molecule has 6 nitrogen and oxygen atoms in total. The third-order valence-corrected chi connectivity index (χ3v) is 4.27. The Morgan fingerprint density at radius 2 is 2.11 bits per heavy atom. The van der Waals surface area contributed by atoms with Gasteiger partial charge in [0.15, 0.2) is 5.96 Å². The van der Waals surface area contributed by atoms with E-state index in [0.29, 0.717) is 19.1 Å². The number of ether oxygens (including phenoxy) is 3. The number of nitrogens with zero attached hydrogens (tertiary/aromatic N) is 2. The summed E-state index contributed by atoms with van der Waals surface area (Å²) in [6.07, 6.45) is 1.98. The highest BCUT2D eigenvalue weighted by Gasteiger charge is 2.15. The number of aliphatic imine (C=N–C) groups is 1. The van der Waals surface area contributed by atoms with Crippen molar-refractivity contribution in [3.05, 3.63) is 29.8 Å². The highest BCUT2D eigenvalue weighted by atomic mass is 127. The maximum absolute atomic E-state index is 12.2. The zero-order chi connectivity index (χ0) is 19.5. The summed E-state index contributed by atoms with van der Waals surface area (Å²) < 4.78 is 39.8. The molecule has 0 aromatic heterocycles. The molecule has 160 valence electrons. The van der Waals surface area contributed by atoms with Crippen LogP contribution in [0.15, 0.2) is 29.3 Å². The Bertz CT molecular complexity index is 570. The van der Waals surface area contributed by atoms with Crippen molar-refractivity contribution in [2.75, 3.05) is 47.1 Å². The van der Waals surface area contributed by atoms with Crippen LogP contribution in [-0.2, 0) is 16.0 Å². The Morgan fingerprint density at radius 3 is 2.71 bits per heavy atom. The number of rotatable bonds is 10. The van der Waals surface area contributed by atoms with Crippen LogP contribution in [0.2, 0.25) is 0 Å². The molecule has 0 aliphatic carbocycles. The molecule has 1 aromatic carbocycles. The highest BCUT2D eigenvalue weighted by molar-refractivity contribution is 14.0. The van der Waals surface area contributed by atoms with Gasteiger partial charge in [-0.15, -0.1) is 24.0 Å². The molecule has 1 fully saturated rings. The Kier molecular flexibility index (Phi) is 12.3. The first kappa shape index (κ1) is 24.8. The summed E-state index contributed by atoms with van der Waals surface area (Å²) in [6, 6.07) is 6.61. The van der Waals surface area contributed by atoms with Gasteiger partial charge in [0.1, 0.15) is 5.75 Å². The van der Waals surface area contributed by atoms with Gasteiger partial charge in [-0.1, -0.05) is 12.1 Å². The SMILES string of the molecule is CN=C(NCCCOCC1CCOC1)N(C)Cc1ccc(OC(F)F)cc1.I. The van der Waals surface area contributed by atoms with Gasteiger partial charge in [0.05, 0.1) is 13.2 Å². The average Bonchev–Trinajstić information content (AvgIpc) is 3.15. The summed E-state index contributed by atoms with van der Waals surface area (Å²) in [5.41, 5.74) is 0.976. The minimum Gasteiger partial charge on any atom is -0.435 e. The quantitative estimate of drug-likeness (QED) is 0.225. The van der Waals surface area contributed by atoms with Crippen LogP contribution in [0.5, 0.6) is 5.75 Å².